The zero-order chi connectivity index (χ0) is 28.5. The molecule has 0 radical (unpaired) electrons. The number of carbonyl (C=O) groups is 2. The van der Waals surface area contributed by atoms with Crippen LogP contribution < -0.4 is 21.5 Å². The Kier molecular flexibility index (Phi) is 11.6. The Morgan fingerprint density at radius 1 is 1.29 bits per heavy atom. The number of carbonyl (C=O) groups excluding carboxylic acids is 2. The lowest BCUT2D eigenvalue weighted by Crippen LogP contribution is -2.48. The fourth-order valence-corrected chi connectivity index (χ4v) is 6.99. The molecule has 0 spiro atoms. The quantitative estimate of drug-likeness (QED) is 0.294. The van der Waals surface area contributed by atoms with Gasteiger partial charge in [-0.05, 0) is 48.8 Å². The van der Waals surface area contributed by atoms with Gasteiger partial charge in [-0.15, -0.1) is 11.8 Å². The van der Waals surface area contributed by atoms with Gasteiger partial charge in [-0.1, -0.05) is 68.5 Å². The molecule has 3 rings (SSSR count). The summed E-state index contributed by atoms with van der Waals surface area (Å²) in [6.07, 6.45) is 10.5. The molecule has 2 aliphatic rings. The highest BCUT2D eigenvalue weighted by atomic mass is 35.5. The Balaban J connectivity index is 0.00000247. The molecule has 38 heavy (non-hydrogen) atoms. The number of thioether (sulfide) groups is 1. The Labute approximate surface area is 234 Å². The van der Waals surface area contributed by atoms with Gasteiger partial charge in [0.05, 0.1) is 5.25 Å². The predicted molar refractivity (Wildman–Crippen MR) is 157 cm³/mol. The first-order valence-electron chi connectivity index (χ1n) is 12.2. The number of sulfonamides is 1. The third-order valence-electron chi connectivity index (χ3n) is 5.84. The number of amides is 2. The molecule has 8 nitrogen and oxygen atoms in total. The van der Waals surface area contributed by atoms with Gasteiger partial charge >= 0.3 is 0 Å². The predicted octanol–water partition coefficient (Wildman–Crippen LogP) is 3.80. The zero-order valence-electron chi connectivity index (χ0n) is 21.7. The maximum absolute atomic E-state index is 13.3. The third kappa shape index (κ3) is 7.70. The number of halogens is 1. The van der Waals surface area contributed by atoms with E-state index in [1.54, 1.807) is 42.5 Å². The summed E-state index contributed by atoms with van der Waals surface area (Å²) < 4.78 is 29.3. The molecule has 1 fully saturated rings. The Bertz CT molecular complexity index is 1290. The molecule has 206 valence electrons. The van der Waals surface area contributed by atoms with E-state index >= 15 is 0 Å². The average molecular weight is 579 g/mol. The first-order chi connectivity index (χ1) is 18.0. The second kappa shape index (κ2) is 14.0. The lowest BCUT2D eigenvalue weighted by atomic mass is 10.0. The monoisotopic (exact) mass is 578 g/mol. The van der Waals surface area contributed by atoms with Gasteiger partial charge in [-0.2, -0.15) is 4.72 Å². The highest BCUT2D eigenvalue weighted by Gasteiger charge is 2.62. The first kappa shape index (κ1) is 31.6. The van der Waals surface area contributed by atoms with E-state index in [0.29, 0.717) is 29.2 Å². The molecule has 1 aromatic carbocycles. The summed E-state index contributed by atoms with van der Waals surface area (Å²) in [5.41, 5.74) is 11.5. The van der Waals surface area contributed by atoms with E-state index in [2.05, 4.69) is 16.6 Å². The molecule has 1 saturated carbocycles. The Hall–Kier alpha value is -2.63. The summed E-state index contributed by atoms with van der Waals surface area (Å²) >= 11 is 6.95. The molecule has 1 aromatic rings. The van der Waals surface area contributed by atoms with E-state index in [4.69, 9.17) is 23.1 Å². The van der Waals surface area contributed by atoms with Gasteiger partial charge in [-0.3, -0.25) is 9.59 Å². The smallest absolute Gasteiger partial charge is 0.251 e. The van der Waals surface area contributed by atoms with Crippen molar-refractivity contribution in [1.29, 1.82) is 0 Å². The number of primary amides is 1. The molecule has 11 heteroatoms. The lowest BCUT2D eigenvalue weighted by Gasteiger charge is -2.22. The van der Waals surface area contributed by atoms with Crippen LogP contribution in [-0.2, 0) is 14.8 Å². The fraction of sp³-hybridized carbons (Fsp3) is 0.333. The molecular weight excluding hydrogens is 544 g/mol. The van der Waals surface area contributed by atoms with Crippen LogP contribution in [0, 0.1) is 0 Å². The van der Waals surface area contributed by atoms with Crippen molar-refractivity contribution in [2.45, 2.75) is 43.9 Å². The number of benzene rings is 1. The van der Waals surface area contributed by atoms with Crippen LogP contribution in [0.5, 0.6) is 0 Å². The van der Waals surface area contributed by atoms with Crippen molar-refractivity contribution in [3.63, 3.8) is 0 Å². The minimum atomic E-state index is -4.07. The molecule has 1 aliphatic carbocycles. The van der Waals surface area contributed by atoms with Gasteiger partial charge in [0.2, 0.25) is 15.9 Å². The highest BCUT2D eigenvalue weighted by molar-refractivity contribution is 8.18. The van der Waals surface area contributed by atoms with Gasteiger partial charge < -0.3 is 16.8 Å². The minimum absolute atomic E-state index is 0.0636. The molecule has 3 unspecified atom stereocenters. The Morgan fingerprint density at radius 2 is 2.00 bits per heavy atom. The highest BCUT2D eigenvalue weighted by Crippen LogP contribution is 2.52. The van der Waals surface area contributed by atoms with Crippen molar-refractivity contribution in [3.05, 3.63) is 93.3 Å². The molecule has 0 saturated heterocycles. The van der Waals surface area contributed by atoms with Gasteiger partial charge in [0.1, 0.15) is 9.78 Å². The summed E-state index contributed by atoms with van der Waals surface area (Å²) in [5.74, 6) is -1.59. The second-order valence-corrected chi connectivity index (χ2v) is 11.9. The number of allylic oxidation sites excluding steroid dienone is 6. The van der Waals surface area contributed by atoms with Crippen LogP contribution in [0.2, 0.25) is 0 Å². The van der Waals surface area contributed by atoms with Crippen LogP contribution in [0.1, 0.15) is 49.0 Å². The standard InChI is InChI=1S/C25H29ClN4O4S2.C2H6/c1-3-17(11-10-16(2)26)21-8-5-9-22(35-21)36(33,34)30-25(24(28)32)15-20(25)18-6-4-7-19(14-18)23(31)29-13-12-27;1-2/h3-11,14,20-21,30H,2,12-13,15,27H2,1H3,(H2,28,32)(H,29,31);1-2H3/b11-10-,17-3+;. The summed E-state index contributed by atoms with van der Waals surface area (Å²) in [5, 5.41) is 2.77. The van der Waals surface area contributed by atoms with Crippen LogP contribution in [-0.4, -0.2) is 44.1 Å². The number of hydrogen-bond donors (Lipinski definition) is 4. The average Bonchev–Trinajstić information content (AvgIpc) is 3.63. The fourth-order valence-electron chi connectivity index (χ4n) is 3.89. The van der Waals surface area contributed by atoms with Gasteiger partial charge in [0.15, 0.2) is 0 Å². The number of nitrogens with one attached hydrogen (secondary N) is 2. The SMILES string of the molecule is C=C(Cl)/C=C\C(=C/C)C1C=CC=C(S(=O)(=O)NC2(C(N)=O)CC2c2cccc(C(=O)NCCN)c2)S1.CC. The second-order valence-electron chi connectivity index (χ2n) is 8.35. The zero-order valence-corrected chi connectivity index (χ0v) is 24.1. The normalized spacial score (nSPS) is 22.8. The van der Waals surface area contributed by atoms with Crippen molar-refractivity contribution in [2.24, 2.45) is 11.5 Å². The maximum atomic E-state index is 13.3. The molecule has 1 aliphatic heterocycles. The summed E-state index contributed by atoms with van der Waals surface area (Å²) in [4.78, 5) is 24.8. The molecule has 0 aromatic heterocycles. The number of hydrogen-bond acceptors (Lipinski definition) is 6. The van der Waals surface area contributed by atoms with E-state index in [1.165, 1.54) is 6.08 Å². The number of nitrogens with two attached hydrogens (primary N) is 2. The Morgan fingerprint density at radius 3 is 2.61 bits per heavy atom. The third-order valence-corrected chi connectivity index (χ3v) is 9.27. The van der Waals surface area contributed by atoms with Crippen LogP contribution >= 0.6 is 23.4 Å². The van der Waals surface area contributed by atoms with E-state index < -0.39 is 27.4 Å². The molecule has 3 atom stereocenters. The van der Waals surface area contributed by atoms with Gasteiger partial charge in [-0.25, -0.2) is 8.42 Å². The van der Waals surface area contributed by atoms with Crippen molar-refractivity contribution in [1.82, 2.24) is 10.0 Å². The summed E-state index contributed by atoms with van der Waals surface area (Å²) in [7, 11) is -4.07. The van der Waals surface area contributed by atoms with E-state index in [1.807, 2.05) is 32.9 Å². The van der Waals surface area contributed by atoms with Crippen molar-refractivity contribution in [3.8, 4) is 0 Å². The molecule has 1 heterocycles. The van der Waals surface area contributed by atoms with Crippen molar-refractivity contribution in [2.75, 3.05) is 13.1 Å². The summed E-state index contributed by atoms with van der Waals surface area (Å²) in [6, 6.07) is 6.70. The van der Waals surface area contributed by atoms with Crippen LogP contribution in [0.4, 0.5) is 0 Å². The van der Waals surface area contributed by atoms with Crippen molar-refractivity contribution < 1.29 is 18.0 Å². The van der Waals surface area contributed by atoms with Crippen LogP contribution in [0.3, 0.4) is 0 Å². The molecule has 0 bridgehead atoms. The van der Waals surface area contributed by atoms with E-state index in [-0.39, 0.29) is 21.8 Å². The van der Waals surface area contributed by atoms with Crippen LogP contribution in [0.15, 0.2) is 82.1 Å². The van der Waals surface area contributed by atoms with Crippen LogP contribution in [0.25, 0.3) is 0 Å². The topological polar surface area (TPSA) is 144 Å². The summed E-state index contributed by atoms with van der Waals surface area (Å²) in [6.45, 7) is 10.1. The lowest BCUT2D eigenvalue weighted by molar-refractivity contribution is -0.120. The van der Waals surface area contributed by atoms with E-state index in [0.717, 1.165) is 17.3 Å². The van der Waals surface area contributed by atoms with E-state index in [9.17, 15) is 18.0 Å². The number of rotatable bonds is 11. The molecular formula is C27H35ClN4O4S2. The van der Waals surface area contributed by atoms with Gasteiger partial charge in [0.25, 0.3) is 5.91 Å². The largest absolute Gasteiger partial charge is 0.368 e. The maximum Gasteiger partial charge on any atom is 0.251 e. The van der Waals surface area contributed by atoms with Gasteiger partial charge in [0, 0.05) is 29.6 Å². The molecule has 2 amide bonds. The minimum Gasteiger partial charge on any atom is -0.368 e. The van der Waals surface area contributed by atoms with Crippen molar-refractivity contribution >= 4 is 45.2 Å². The first-order valence-corrected chi connectivity index (χ1v) is 14.9. The molecule has 6 N–H and O–H groups in total.